The van der Waals surface area contributed by atoms with Crippen LogP contribution in [0.15, 0.2) is 30.3 Å². The van der Waals surface area contributed by atoms with Crippen molar-refractivity contribution in [3.05, 3.63) is 52.3 Å². The zero-order chi connectivity index (χ0) is 17.0. The smallest absolute Gasteiger partial charge is 0.157 e. The maximum atomic E-state index is 12.1. The highest BCUT2D eigenvalue weighted by Crippen LogP contribution is 2.23. The fourth-order valence-corrected chi connectivity index (χ4v) is 4.22. The first-order chi connectivity index (χ1) is 10.8. The van der Waals surface area contributed by atoms with Gasteiger partial charge in [-0.2, -0.15) is 5.10 Å². The Morgan fingerprint density at radius 2 is 1.96 bits per heavy atom. The maximum Gasteiger partial charge on any atom is 0.157 e. The zero-order valence-electron chi connectivity index (χ0n) is 12.7. The van der Waals surface area contributed by atoms with Gasteiger partial charge < -0.3 is 10.2 Å². The fourth-order valence-electron chi connectivity index (χ4n) is 2.24. The summed E-state index contributed by atoms with van der Waals surface area (Å²) in [7, 11) is -3.60. The summed E-state index contributed by atoms with van der Waals surface area (Å²) in [5, 5.41) is 22.7. The van der Waals surface area contributed by atoms with Crippen LogP contribution in [-0.4, -0.2) is 46.9 Å². The summed E-state index contributed by atoms with van der Waals surface area (Å²) >= 11 is 6.28. The number of aliphatic hydroxyl groups excluding tert-OH is 2. The van der Waals surface area contributed by atoms with Gasteiger partial charge >= 0.3 is 0 Å². The molecule has 0 radical (unpaired) electrons. The molecular weight excluding hydrogens is 340 g/mol. The van der Waals surface area contributed by atoms with Crippen LogP contribution in [0.5, 0.6) is 0 Å². The van der Waals surface area contributed by atoms with E-state index in [0.29, 0.717) is 17.8 Å². The lowest BCUT2D eigenvalue weighted by Gasteiger charge is -2.08. The van der Waals surface area contributed by atoms with Crippen molar-refractivity contribution >= 4 is 21.4 Å². The Kier molecular flexibility index (Phi) is 5.80. The number of aryl methyl sites for hydroxylation is 1. The van der Waals surface area contributed by atoms with Gasteiger partial charge in [0.1, 0.15) is 5.15 Å². The first-order valence-electron chi connectivity index (χ1n) is 7.07. The molecule has 23 heavy (non-hydrogen) atoms. The van der Waals surface area contributed by atoms with E-state index in [0.717, 1.165) is 5.56 Å². The molecule has 0 fully saturated rings. The van der Waals surface area contributed by atoms with Gasteiger partial charge in [-0.15, -0.1) is 0 Å². The molecule has 1 atom stereocenters. The van der Waals surface area contributed by atoms with Gasteiger partial charge in [-0.25, -0.2) is 13.1 Å². The van der Waals surface area contributed by atoms with Crippen LogP contribution in [0.3, 0.4) is 0 Å². The van der Waals surface area contributed by atoms with Gasteiger partial charge in [0, 0.05) is 5.56 Å². The molecule has 0 bridgehead atoms. The molecular formula is C15H19ClN2O4S. The van der Waals surface area contributed by atoms with Gasteiger partial charge in [0.2, 0.25) is 0 Å². The minimum atomic E-state index is -3.60. The van der Waals surface area contributed by atoms with Gasteiger partial charge in [-0.3, -0.25) is 0 Å². The van der Waals surface area contributed by atoms with Gasteiger partial charge in [0.25, 0.3) is 0 Å². The number of halogens is 1. The van der Waals surface area contributed by atoms with E-state index >= 15 is 0 Å². The largest absolute Gasteiger partial charge is 0.394 e. The van der Waals surface area contributed by atoms with E-state index in [9.17, 15) is 13.5 Å². The highest BCUT2D eigenvalue weighted by molar-refractivity contribution is 7.90. The van der Waals surface area contributed by atoms with Crippen molar-refractivity contribution in [1.82, 2.24) is 9.78 Å². The van der Waals surface area contributed by atoms with Crippen molar-refractivity contribution in [3.63, 3.8) is 0 Å². The Morgan fingerprint density at radius 1 is 1.30 bits per heavy atom. The normalized spacial score (nSPS) is 13.2. The van der Waals surface area contributed by atoms with E-state index < -0.39 is 28.3 Å². The highest BCUT2D eigenvalue weighted by atomic mass is 35.5. The molecule has 2 aromatic rings. The fraction of sp³-hybridized carbons (Fsp3) is 0.400. The Hall–Kier alpha value is -1.41. The second-order valence-electron chi connectivity index (χ2n) is 5.39. The third-order valence-corrected chi connectivity index (χ3v) is 5.42. The number of rotatable bonds is 7. The van der Waals surface area contributed by atoms with Crippen LogP contribution in [0.1, 0.15) is 16.8 Å². The lowest BCUT2D eigenvalue weighted by molar-refractivity contribution is 0.112. The highest BCUT2D eigenvalue weighted by Gasteiger charge is 2.23. The summed E-state index contributed by atoms with van der Waals surface area (Å²) in [6.45, 7) is 1.54. The average Bonchev–Trinajstić information content (AvgIpc) is 2.75. The van der Waals surface area contributed by atoms with Crippen LogP contribution < -0.4 is 0 Å². The van der Waals surface area contributed by atoms with E-state index in [-0.39, 0.29) is 10.9 Å². The summed E-state index contributed by atoms with van der Waals surface area (Å²) in [6, 6.07) is 9.58. The van der Waals surface area contributed by atoms with Gasteiger partial charge in [-0.05, 0) is 12.5 Å². The standard InChI is InChI=1S/C15H19ClN2O4S/c1-11-14(10-23(21,22)9-13(20)8-19)15(16)18(17-11)7-12-5-3-2-4-6-12/h2-6,13,19-20H,7-10H2,1H3. The molecule has 1 heterocycles. The first kappa shape index (κ1) is 17.9. The Morgan fingerprint density at radius 3 is 2.57 bits per heavy atom. The lowest BCUT2D eigenvalue weighted by Crippen LogP contribution is -2.25. The second-order valence-corrected chi connectivity index (χ2v) is 7.86. The summed E-state index contributed by atoms with van der Waals surface area (Å²) in [5.74, 6) is -0.827. The predicted octanol–water partition coefficient (Wildman–Crippen LogP) is 1.16. The molecule has 2 N–H and O–H groups in total. The van der Waals surface area contributed by atoms with Crippen LogP contribution in [0.4, 0.5) is 0 Å². The molecule has 0 aliphatic rings. The van der Waals surface area contributed by atoms with Crippen LogP contribution in [0.25, 0.3) is 0 Å². The molecule has 2 rings (SSSR count). The van der Waals surface area contributed by atoms with Crippen molar-refractivity contribution in [2.75, 3.05) is 12.4 Å². The Balaban J connectivity index is 2.21. The monoisotopic (exact) mass is 358 g/mol. The van der Waals surface area contributed by atoms with Crippen LogP contribution in [0.2, 0.25) is 5.15 Å². The molecule has 126 valence electrons. The number of nitrogens with zero attached hydrogens (tertiary/aromatic N) is 2. The lowest BCUT2D eigenvalue weighted by atomic mass is 10.2. The third kappa shape index (κ3) is 4.78. The van der Waals surface area contributed by atoms with Gasteiger partial charge in [0.15, 0.2) is 9.84 Å². The van der Waals surface area contributed by atoms with E-state index in [4.69, 9.17) is 16.7 Å². The summed E-state index contributed by atoms with van der Waals surface area (Å²) in [6.07, 6.45) is -1.29. The molecule has 0 aliphatic carbocycles. The number of aromatic nitrogens is 2. The number of benzene rings is 1. The van der Waals surface area contributed by atoms with E-state index in [1.165, 1.54) is 0 Å². The predicted molar refractivity (Wildman–Crippen MR) is 88.1 cm³/mol. The Labute approximate surface area is 140 Å². The summed E-state index contributed by atoms with van der Waals surface area (Å²) < 4.78 is 25.7. The molecule has 8 heteroatoms. The quantitative estimate of drug-likeness (QED) is 0.774. The SMILES string of the molecule is Cc1nn(Cc2ccccc2)c(Cl)c1CS(=O)(=O)CC(O)CO. The Bertz CT molecular complexity index is 759. The van der Waals surface area contributed by atoms with E-state index in [1.807, 2.05) is 30.3 Å². The van der Waals surface area contributed by atoms with E-state index in [2.05, 4.69) is 5.10 Å². The zero-order valence-corrected chi connectivity index (χ0v) is 14.3. The van der Waals surface area contributed by atoms with Crippen molar-refractivity contribution in [2.45, 2.75) is 25.3 Å². The van der Waals surface area contributed by atoms with Crippen molar-refractivity contribution in [2.24, 2.45) is 0 Å². The molecule has 0 saturated carbocycles. The topological polar surface area (TPSA) is 92.4 Å². The van der Waals surface area contributed by atoms with Crippen LogP contribution in [-0.2, 0) is 22.1 Å². The van der Waals surface area contributed by atoms with Crippen molar-refractivity contribution < 1.29 is 18.6 Å². The van der Waals surface area contributed by atoms with Crippen LogP contribution in [0, 0.1) is 6.92 Å². The molecule has 6 nitrogen and oxygen atoms in total. The van der Waals surface area contributed by atoms with Gasteiger partial charge in [-0.1, -0.05) is 41.9 Å². The molecule has 0 spiro atoms. The number of hydrogen-bond donors (Lipinski definition) is 2. The molecule has 0 aliphatic heterocycles. The molecule has 0 saturated heterocycles. The van der Waals surface area contributed by atoms with E-state index in [1.54, 1.807) is 11.6 Å². The first-order valence-corrected chi connectivity index (χ1v) is 9.27. The molecule has 1 aromatic heterocycles. The average molecular weight is 359 g/mol. The second kappa shape index (κ2) is 7.44. The molecule has 1 unspecified atom stereocenters. The summed E-state index contributed by atoms with van der Waals surface area (Å²) in [5.41, 5.74) is 1.96. The van der Waals surface area contributed by atoms with Crippen molar-refractivity contribution in [3.8, 4) is 0 Å². The number of aliphatic hydroxyl groups is 2. The minimum absolute atomic E-state index is 0.272. The summed E-state index contributed by atoms with van der Waals surface area (Å²) in [4.78, 5) is 0. The van der Waals surface area contributed by atoms with Crippen molar-refractivity contribution in [1.29, 1.82) is 0 Å². The maximum absolute atomic E-state index is 12.1. The third-order valence-electron chi connectivity index (χ3n) is 3.38. The molecule has 1 aromatic carbocycles. The number of sulfone groups is 1. The molecule has 0 amide bonds. The minimum Gasteiger partial charge on any atom is -0.394 e. The number of hydrogen-bond acceptors (Lipinski definition) is 5. The van der Waals surface area contributed by atoms with Gasteiger partial charge in [0.05, 0.1) is 36.5 Å². The van der Waals surface area contributed by atoms with Crippen LogP contribution >= 0.6 is 11.6 Å².